The lowest BCUT2D eigenvalue weighted by atomic mass is 10.2. The van der Waals surface area contributed by atoms with Crippen molar-refractivity contribution in [1.82, 2.24) is 9.97 Å². The Bertz CT molecular complexity index is 1510. The molecule has 4 aromatic rings. The summed E-state index contributed by atoms with van der Waals surface area (Å²) in [5.74, 6) is 0.446. The van der Waals surface area contributed by atoms with Crippen molar-refractivity contribution in [2.75, 3.05) is 37.8 Å². The van der Waals surface area contributed by atoms with E-state index in [1.54, 1.807) is 41.7 Å². The normalized spacial score (nSPS) is 15.1. The number of aryl methyl sites for hydroxylation is 1. The fourth-order valence-corrected chi connectivity index (χ4v) is 5.82. The van der Waals surface area contributed by atoms with Crippen LogP contribution in [-0.2, 0) is 14.3 Å². The van der Waals surface area contributed by atoms with Gasteiger partial charge in [0.25, 0.3) is 10.1 Å². The van der Waals surface area contributed by atoms with E-state index in [4.69, 9.17) is 13.3 Å². The molecule has 0 amide bonds. The van der Waals surface area contributed by atoms with Crippen LogP contribution in [0.4, 0.5) is 5.13 Å². The second kappa shape index (κ2) is 11.6. The smallest absolute Gasteiger partial charge is 0.296 e. The number of aromatic nitrogens is 2. The summed E-state index contributed by atoms with van der Waals surface area (Å²) in [5.41, 5.74) is 2.19. The van der Waals surface area contributed by atoms with Gasteiger partial charge in [0.05, 0.1) is 24.7 Å². The predicted molar refractivity (Wildman–Crippen MR) is 147 cm³/mol. The minimum absolute atomic E-state index is 0.0665. The van der Waals surface area contributed by atoms with E-state index >= 15 is 0 Å². The van der Waals surface area contributed by atoms with Crippen LogP contribution in [-0.4, -0.2) is 56.4 Å². The van der Waals surface area contributed by atoms with Gasteiger partial charge in [-0.2, -0.15) is 8.42 Å². The first kappa shape index (κ1) is 26.4. The van der Waals surface area contributed by atoms with Gasteiger partial charge in [0, 0.05) is 42.2 Å². The number of aliphatic hydroxyl groups is 1. The van der Waals surface area contributed by atoms with E-state index in [0.717, 1.165) is 28.7 Å². The number of hydrogen-bond acceptors (Lipinski definition) is 10. The van der Waals surface area contributed by atoms with Crippen molar-refractivity contribution in [3.8, 4) is 5.75 Å². The van der Waals surface area contributed by atoms with Gasteiger partial charge >= 0.3 is 0 Å². The lowest BCUT2D eigenvalue weighted by Gasteiger charge is -2.15. The fraction of sp³-hybridized carbons (Fsp3) is 0.333. The molecule has 0 saturated carbocycles. The van der Waals surface area contributed by atoms with Gasteiger partial charge in [0.2, 0.25) is 5.89 Å². The SMILES string of the molecule is Cc1ccc(S(=O)(=O)OCC(CO)COc2ccc3nc(/C=C/c4cnc(N5CCCC5)s4)oc3c2)cc1. The largest absolute Gasteiger partial charge is 0.493 e. The summed E-state index contributed by atoms with van der Waals surface area (Å²) in [7, 11) is -3.92. The number of benzene rings is 2. The molecule has 11 heteroatoms. The molecule has 1 saturated heterocycles. The van der Waals surface area contributed by atoms with E-state index in [0.29, 0.717) is 22.7 Å². The maximum Gasteiger partial charge on any atom is 0.296 e. The number of ether oxygens (including phenoxy) is 1. The van der Waals surface area contributed by atoms with Crippen molar-refractivity contribution >= 4 is 49.8 Å². The first-order valence-electron chi connectivity index (χ1n) is 12.4. The van der Waals surface area contributed by atoms with Crippen molar-refractivity contribution in [2.45, 2.75) is 24.7 Å². The van der Waals surface area contributed by atoms with Gasteiger partial charge in [0.1, 0.15) is 11.3 Å². The van der Waals surface area contributed by atoms with Gasteiger partial charge in [-0.3, -0.25) is 4.18 Å². The predicted octanol–water partition coefficient (Wildman–Crippen LogP) is 4.76. The quantitative estimate of drug-likeness (QED) is 0.262. The van der Waals surface area contributed by atoms with Crippen LogP contribution in [0.3, 0.4) is 0 Å². The minimum atomic E-state index is -3.92. The van der Waals surface area contributed by atoms with Crippen LogP contribution in [0.5, 0.6) is 5.75 Å². The number of hydrogen-bond donors (Lipinski definition) is 1. The topological polar surface area (TPSA) is 115 Å². The highest BCUT2D eigenvalue weighted by atomic mass is 32.2. The first-order valence-corrected chi connectivity index (χ1v) is 14.6. The molecule has 0 radical (unpaired) electrons. The maximum atomic E-state index is 12.4. The highest BCUT2D eigenvalue weighted by molar-refractivity contribution is 7.86. The Morgan fingerprint density at radius 1 is 1.13 bits per heavy atom. The highest BCUT2D eigenvalue weighted by Crippen LogP contribution is 2.28. The van der Waals surface area contributed by atoms with E-state index in [2.05, 4.69) is 14.9 Å². The van der Waals surface area contributed by atoms with Crippen LogP contribution in [0.2, 0.25) is 0 Å². The number of fused-ring (bicyclic) bond motifs is 1. The highest BCUT2D eigenvalue weighted by Gasteiger charge is 2.19. The molecule has 38 heavy (non-hydrogen) atoms. The summed E-state index contributed by atoms with van der Waals surface area (Å²) in [6.07, 6.45) is 8.04. The van der Waals surface area contributed by atoms with Gasteiger partial charge < -0.3 is 19.2 Å². The third kappa shape index (κ3) is 6.41. The molecular formula is C27H29N3O6S2. The molecule has 1 unspecified atom stereocenters. The molecule has 9 nitrogen and oxygen atoms in total. The summed E-state index contributed by atoms with van der Waals surface area (Å²) >= 11 is 1.64. The average molecular weight is 556 g/mol. The number of nitrogens with zero attached hydrogens (tertiary/aromatic N) is 3. The minimum Gasteiger partial charge on any atom is -0.493 e. The van der Waals surface area contributed by atoms with Crippen LogP contribution in [0.15, 0.2) is 58.0 Å². The Hall–Kier alpha value is -3.25. The monoisotopic (exact) mass is 555 g/mol. The Labute approximate surface area is 225 Å². The van der Waals surface area contributed by atoms with Crippen molar-refractivity contribution in [2.24, 2.45) is 5.92 Å². The molecule has 2 aromatic carbocycles. The Balaban J connectivity index is 1.17. The van der Waals surface area contributed by atoms with Crippen molar-refractivity contribution in [1.29, 1.82) is 0 Å². The Kier molecular flexibility index (Phi) is 8.08. The second-order valence-electron chi connectivity index (χ2n) is 9.17. The lowest BCUT2D eigenvalue weighted by molar-refractivity contribution is 0.118. The summed E-state index contributed by atoms with van der Waals surface area (Å²) < 4.78 is 41.6. The number of rotatable bonds is 11. The van der Waals surface area contributed by atoms with Crippen molar-refractivity contribution in [3.63, 3.8) is 0 Å². The molecule has 1 aliphatic rings. The van der Waals surface area contributed by atoms with Crippen LogP contribution < -0.4 is 9.64 Å². The van der Waals surface area contributed by atoms with E-state index in [-0.39, 0.29) is 24.7 Å². The van der Waals surface area contributed by atoms with Crippen LogP contribution in [0, 0.1) is 12.8 Å². The van der Waals surface area contributed by atoms with Crippen molar-refractivity contribution in [3.05, 3.63) is 65.0 Å². The first-order chi connectivity index (χ1) is 18.4. The summed E-state index contributed by atoms with van der Waals surface area (Å²) in [4.78, 5) is 12.4. The van der Waals surface area contributed by atoms with Crippen LogP contribution >= 0.6 is 11.3 Å². The third-order valence-corrected chi connectivity index (χ3v) is 8.49. The zero-order chi connectivity index (χ0) is 26.5. The summed E-state index contributed by atoms with van der Waals surface area (Å²) in [6, 6.07) is 11.7. The molecule has 0 aliphatic carbocycles. The van der Waals surface area contributed by atoms with E-state index in [1.165, 1.54) is 25.0 Å². The van der Waals surface area contributed by atoms with E-state index in [1.807, 2.05) is 25.3 Å². The third-order valence-electron chi connectivity index (χ3n) is 6.17. The molecule has 1 fully saturated rings. The molecule has 200 valence electrons. The maximum absolute atomic E-state index is 12.4. The number of thiazole rings is 1. The Morgan fingerprint density at radius 3 is 2.68 bits per heavy atom. The Morgan fingerprint density at radius 2 is 1.92 bits per heavy atom. The molecule has 1 aliphatic heterocycles. The van der Waals surface area contributed by atoms with Gasteiger partial charge in [-0.25, -0.2) is 9.97 Å². The zero-order valence-electron chi connectivity index (χ0n) is 20.9. The molecule has 0 bridgehead atoms. The number of anilines is 1. The molecule has 3 heterocycles. The zero-order valence-corrected chi connectivity index (χ0v) is 22.6. The van der Waals surface area contributed by atoms with Gasteiger partial charge in [-0.1, -0.05) is 29.0 Å². The standard InChI is InChI=1S/C27H29N3O6S2/c1-19-4-8-23(9-5-19)38(32,33)35-18-20(16-31)17-34-21-6-10-24-25(14-21)36-26(29-24)11-7-22-15-28-27(37-22)30-12-2-3-13-30/h4-11,14-15,20,31H,2-3,12-13,16-18H2,1H3/b11-7+. The summed E-state index contributed by atoms with van der Waals surface area (Å²) in [5, 5.41) is 10.7. The molecule has 2 aromatic heterocycles. The number of oxazole rings is 1. The number of aliphatic hydroxyl groups excluding tert-OH is 1. The fourth-order valence-electron chi connectivity index (χ4n) is 3.97. The van der Waals surface area contributed by atoms with E-state index < -0.39 is 16.0 Å². The van der Waals surface area contributed by atoms with Gasteiger partial charge in [0.15, 0.2) is 10.7 Å². The van der Waals surface area contributed by atoms with Crippen LogP contribution in [0.1, 0.15) is 29.2 Å². The van der Waals surface area contributed by atoms with Gasteiger partial charge in [-0.15, -0.1) is 0 Å². The van der Waals surface area contributed by atoms with Crippen molar-refractivity contribution < 1.29 is 26.9 Å². The molecule has 1 N–H and O–H groups in total. The van der Waals surface area contributed by atoms with Crippen LogP contribution in [0.25, 0.3) is 23.3 Å². The second-order valence-corrected chi connectivity index (χ2v) is 11.8. The average Bonchev–Trinajstić information content (AvgIpc) is 3.68. The van der Waals surface area contributed by atoms with Gasteiger partial charge in [-0.05, 0) is 50.1 Å². The summed E-state index contributed by atoms with van der Waals surface area (Å²) in [6.45, 7) is 3.56. The molecular weight excluding hydrogens is 526 g/mol. The van der Waals surface area contributed by atoms with E-state index in [9.17, 15) is 13.5 Å². The molecule has 0 spiro atoms. The lowest BCUT2D eigenvalue weighted by Crippen LogP contribution is -2.23. The molecule has 5 rings (SSSR count). The molecule has 1 atom stereocenters.